The van der Waals surface area contributed by atoms with Crippen LogP contribution in [-0.4, -0.2) is 0 Å². The molecule has 0 atom stereocenters. The van der Waals surface area contributed by atoms with Crippen molar-refractivity contribution in [1.82, 2.24) is 0 Å². The largest absolute Gasteiger partial charge is 0.619 e. The molecule has 1 rings (SSSR count). The smallest absolute Gasteiger partial charge is 0.184 e. The second-order valence-electron chi connectivity index (χ2n) is 2.30. The molecule has 54 valence electrons. The van der Waals surface area contributed by atoms with E-state index in [2.05, 4.69) is 22.6 Å². The topological polar surface area (TPSA) is 26.9 Å². The molecule has 0 bridgehead atoms. The highest BCUT2D eigenvalue weighted by atomic mass is 127. The first-order chi connectivity index (χ1) is 4.61. The summed E-state index contributed by atoms with van der Waals surface area (Å²) < 4.78 is 2.01. The molecule has 3 heteroatoms. The average Bonchev–Trinajstić information content (AvgIpc) is 1.82. The molecule has 0 fully saturated rings. The quantitative estimate of drug-likeness (QED) is 0.389. The van der Waals surface area contributed by atoms with Gasteiger partial charge in [-0.05, 0) is 36.4 Å². The van der Waals surface area contributed by atoms with Crippen LogP contribution in [0.5, 0.6) is 0 Å². The lowest BCUT2D eigenvalue weighted by atomic mass is 10.2. The van der Waals surface area contributed by atoms with Crippen molar-refractivity contribution in [2.24, 2.45) is 0 Å². The molecule has 0 unspecified atom stereocenters. The summed E-state index contributed by atoms with van der Waals surface area (Å²) in [4.78, 5) is 0. The standard InChI is InChI=1S/C7H8INO/c1-5-3-9(10)4-6(2)7(5)8/h3-4H,1-2H3. The Labute approximate surface area is 73.6 Å². The van der Waals surface area contributed by atoms with Gasteiger partial charge in [-0.2, -0.15) is 4.73 Å². The molecule has 1 heterocycles. The minimum Gasteiger partial charge on any atom is -0.619 e. The molecule has 0 saturated carbocycles. The predicted octanol–water partition coefficient (Wildman–Crippen LogP) is 1.54. The van der Waals surface area contributed by atoms with Gasteiger partial charge in [-0.15, -0.1) is 0 Å². The highest BCUT2D eigenvalue weighted by Crippen LogP contribution is 2.12. The van der Waals surface area contributed by atoms with Crippen LogP contribution in [0.2, 0.25) is 0 Å². The van der Waals surface area contributed by atoms with E-state index in [0.29, 0.717) is 0 Å². The fourth-order valence-corrected chi connectivity index (χ4v) is 1.12. The fraction of sp³-hybridized carbons (Fsp3) is 0.286. The maximum Gasteiger partial charge on any atom is 0.184 e. The highest BCUT2D eigenvalue weighted by molar-refractivity contribution is 14.1. The summed E-state index contributed by atoms with van der Waals surface area (Å²) in [7, 11) is 0. The van der Waals surface area contributed by atoms with Crippen LogP contribution < -0.4 is 4.73 Å². The number of hydrogen-bond acceptors (Lipinski definition) is 1. The van der Waals surface area contributed by atoms with E-state index in [1.54, 1.807) is 12.4 Å². The predicted molar refractivity (Wildman–Crippen MR) is 47.6 cm³/mol. The summed E-state index contributed by atoms with van der Waals surface area (Å²) in [6, 6.07) is 0. The van der Waals surface area contributed by atoms with Crippen LogP contribution in [0.1, 0.15) is 11.1 Å². The Morgan fingerprint density at radius 1 is 1.30 bits per heavy atom. The van der Waals surface area contributed by atoms with Gasteiger partial charge in [-0.1, -0.05) is 0 Å². The molecule has 0 N–H and O–H groups in total. The molecule has 0 amide bonds. The van der Waals surface area contributed by atoms with Crippen molar-refractivity contribution in [3.8, 4) is 0 Å². The van der Waals surface area contributed by atoms with Crippen molar-refractivity contribution in [2.45, 2.75) is 13.8 Å². The number of aryl methyl sites for hydroxylation is 2. The molecule has 1 aromatic heterocycles. The fourth-order valence-electron chi connectivity index (χ4n) is 0.843. The van der Waals surface area contributed by atoms with E-state index in [1.807, 2.05) is 13.8 Å². The number of halogens is 1. The SMILES string of the molecule is Cc1c[n+]([O-])cc(C)c1I. The second kappa shape index (κ2) is 2.74. The van der Waals surface area contributed by atoms with Gasteiger partial charge in [0.15, 0.2) is 12.4 Å². The molecule has 0 aliphatic heterocycles. The normalized spacial score (nSPS) is 9.90. The van der Waals surface area contributed by atoms with E-state index in [9.17, 15) is 5.21 Å². The summed E-state index contributed by atoms with van der Waals surface area (Å²) >= 11 is 2.23. The van der Waals surface area contributed by atoms with Crippen molar-refractivity contribution < 1.29 is 4.73 Å². The third-order valence-corrected chi connectivity index (χ3v) is 3.04. The summed E-state index contributed by atoms with van der Waals surface area (Å²) in [5.74, 6) is 0. The second-order valence-corrected chi connectivity index (χ2v) is 3.38. The Bertz CT molecular complexity index is 237. The minimum absolute atomic E-state index is 0.840. The zero-order chi connectivity index (χ0) is 7.72. The van der Waals surface area contributed by atoms with Crippen LogP contribution in [-0.2, 0) is 0 Å². The summed E-state index contributed by atoms with van der Waals surface area (Å²) in [6.45, 7) is 3.87. The van der Waals surface area contributed by atoms with Gasteiger partial charge < -0.3 is 5.21 Å². The Morgan fingerprint density at radius 2 is 1.70 bits per heavy atom. The minimum atomic E-state index is 0.840. The van der Waals surface area contributed by atoms with Gasteiger partial charge in [0.2, 0.25) is 0 Å². The molecule has 0 saturated heterocycles. The molecule has 0 aliphatic carbocycles. The van der Waals surface area contributed by atoms with E-state index in [4.69, 9.17) is 0 Å². The van der Waals surface area contributed by atoms with Crippen LogP contribution in [0.4, 0.5) is 0 Å². The van der Waals surface area contributed by atoms with Gasteiger partial charge in [0.05, 0.1) is 0 Å². The van der Waals surface area contributed by atoms with Gasteiger partial charge in [0.1, 0.15) is 0 Å². The van der Waals surface area contributed by atoms with Gasteiger partial charge in [0, 0.05) is 14.7 Å². The van der Waals surface area contributed by atoms with Crippen LogP contribution in [0.25, 0.3) is 0 Å². The van der Waals surface area contributed by atoms with E-state index in [-0.39, 0.29) is 0 Å². The maximum atomic E-state index is 10.8. The number of aromatic nitrogens is 1. The van der Waals surface area contributed by atoms with Crippen molar-refractivity contribution in [3.05, 3.63) is 32.3 Å². The molecule has 2 nitrogen and oxygen atoms in total. The highest BCUT2D eigenvalue weighted by Gasteiger charge is 2.02. The summed E-state index contributed by atoms with van der Waals surface area (Å²) in [5, 5.41) is 10.8. The summed E-state index contributed by atoms with van der Waals surface area (Å²) in [5.41, 5.74) is 2.08. The Balaban J connectivity index is 3.31. The third-order valence-electron chi connectivity index (χ3n) is 1.33. The lowest BCUT2D eigenvalue weighted by Crippen LogP contribution is -2.26. The molecule has 10 heavy (non-hydrogen) atoms. The molecule has 0 aliphatic rings. The van der Waals surface area contributed by atoms with Gasteiger partial charge in [-0.25, -0.2) is 0 Å². The lowest BCUT2D eigenvalue weighted by Gasteiger charge is -2.01. The van der Waals surface area contributed by atoms with Crippen LogP contribution in [0.15, 0.2) is 12.4 Å². The van der Waals surface area contributed by atoms with Crippen molar-refractivity contribution in [2.75, 3.05) is 0 Å². The van der Waals surface area contributed by atoms with Crippen molar-refractivity contribution >= 4 is 22.6 Å². The van der Waals surface area contributed by atoms with Crippen LogP contribution in [0, 0.1) is 22.6 Å². The van der Waals surface area contributed by atoms with Gasteiger partial charge in [0.25, 0.3) is 0 Å². The molecular formula is C7H8INO. The average molecular weight is 249 g/mol. The van der Waals surface area contributed by atoms with Gasteiger partial charge >= 0.3 is 0 Å². The maximum absolute atomic E-state index is 10.8. The Kier molecular flexibility index (Phi) is 2.13. The molecule has 0 aromatic carbocycles. The van der Waals surface area contributed by atoms with Gasteiger partial charge in [-0.3, -0.25) is 0 Å². The van der Waals surface area contributed by atoms with E-state index < -0.39 is 0 Å². The van der Waals surface area contributed by atoms with Crippen molar-refractivity contribution in [1.29, 1.82) is 0 Å². The number of rotatable bonds is 0. The Hall–Kier alpha value is -0.320. The number of hydrogen-bond donors (Lipinski definition) is 0. The van der Waals surface area contributed by atoms with Crippen LogP contribution >= 0.6 is 22.6 Å². The first-order valence-corrected chi connectivity index (χ1v) is 4.04. The molecule has 1 aromatic rings. The number of nitrogens with zero attached hydrogens (tertiary/aromatic N) is 1. The zero-order valence-corrected chi connectivity index (χ0v) is 8.05. The van der Waals surface area contributed by atoms with E-state index >= 15 is 0 Å². The number of pyridine rings is 1. The Morgan fingerprint density at radius 3 is 2.10 bits per heavy atom. The van der Waals surface area contributed by atoms with Crippen LogP contribution in [0.3, 0.4) is 0 Å². The molecular weight excluding hydrogens is 241 g/mol. The monoisotopic (exact) mass is 249 g/mol. The first-order valence-electron chi connectivity index (χ1n) is 2.97. The van der Waals surface area contributed by atoms with E-state index in [1.165, 1.54) is 3.57 Å². The molecule has 0 spiro atoms. The van der Waals surface area contributed by atoms with E-state index in [0.717, 1.165) is 15.9 Å². The summed E-state index contributed by atoms with van der Waals surface area (Å²) in [6.07, 6.45) is 3.16. The zero-order valence-electron chi connectivity index (χ0n) is 5.89. The third kappa shape index (κ3) is 1.39. The van der Waals surface area contributed by atoms with Crippen molar-refractivity contribution in [3.63, 3.8) is 0 Å². The molecule has 0 radical (unpaired) electrons. The lowest BCUT2D eigenvalue weighted by molar-refractivity contribution is -0.606. The first kappa shape index (κ1) is 7.78.